The van der Waals surface area contributed by atoms with E-state index in [1.807, 2.05) is 6.07 Å². The number of carbonyl (C=O) groups is 3. The number of anilines is 2. The quantitative estimate of drug-likeness (QED) is 0.716. The first-order chi connectivity index (χ1) is 14.4. The van der Waals surface area contributed by atoms with Crippen molar-refractivity contribution >= 4 is 29.2 Å². The van der Waals surface area contributed by atoms with Gasteiger partial charge in [0.2, 0.25) is 5.91 Å². The molecule has 0 radical (unpaired) electrons. The Labute approximate surface area is 175 Å². The molecule has 0 bridgehead atoms. The molecule has 1 fully saturated rings. The van der Waals surface area contributed by atoms with E-state index in [4.69, 9.17) is 19.9 Å². The number of hydrogen-bond acceptors (Lipinski definition) is 8. The number of nitrogens with zero attached hydrogens (tertiary/aromatic N) is 2. The lowest BCUT2D eigenvalue weighted by molar-refractivity contribution is -0.140. The Morgan fingerprint density at radius 3 is 2.50 bits per heavy atom. The van der Waals surface area contributed by atoms with Crippen LogP contribution in [0.2, 0.25) is 0 Å². The summed E-state index contributed by atoms with van der Waals surface area (Å²) in [5.74, 6) is -1.47. The molecule has 0 spiro atoms. The van der Waals surface area contributed by atoms with Crippen LogP contribution in [0.1, 0.15) is 30.1 Å². The predicted molar refractivity (Wildman–Crippen MR) is 110 cm³/mol. The van der Waals surface area contributed by atoms with Gasteiger partial charge in [0.05, 0.1) is 37.8 Å². The van der Waals surface area contributed by atoms with Crippen LogP contribution >= 0.6 is 0 Å². The Balaban J connectivity index is 2.17. The third kappa shape index (κ3) is 4.25. The molecule has 9 heteroatoms. The normalized spacial score (nSPS) is 19.5. The van der Waals surface area contributed by atoms with Crippen molar-refractivity contribution in [1.29, 1.82) is 0 Å². The van der Waals surface area contributed by atoms with Gasteiger partial charge in [0, 0.05) is 18.7 Å². The van der Waals surface area contributed by atoms with Crippen LogP contribution in [0.4, 0.5) is 11.4 Å². The molecule has 1 aromatic carbocycles. The van der Waals surface area contributed by atoms with E-state index in [2.05, 4.69) is 11.8 Å². The first-order valence-electron chi connectivity index (χ1n) is 9.81. The van der Waals surface area contributed by atoms with E-state index in [1.165, 1.54) is 14.2 Å². The number of esters is 2. The summed E-state index contributed by atoms with van der Waals surface area (Å²) in [6, 6.07) is 5.09. The molecule has 1 unspecified atom stereocenters. The summed E-state index contributed by atoms with van der Waals surface area (Å²) in [4.78, 5) is 40.5. The van der Waals surface area contributed by atoms with Gasteiger partial charge in [-0.1, -0.05) is 6.92 Å². The number of primary amides is 1. The van der Waals surface area contributed by atoms with Crippen LogP contribution in [0.15, 0.2) is 29.5 Å². The van der Waals surface area contributed by atoms with E-state index in [1.54, 1.807) is 17.0 Å². The standard InChI is InChI=1S/C21H27N3O6/c1-13-5-4-8-23(10-13)16-7-6-14(19(22)25)9-17(16)24-12-30-11-15(20(26)28-2)18(24)21(27)29-3/h6-7,9,13H,4-5,8,10-12H2,1-3H3,(H2,22,25). The number of amides is 1. The Bertz CT molecular complexity index is 881. The van der Waals surface area contributed by atoms with Crippen LogP contribution in [0.5, 0.6) is 0 Å². The molecule has 0 aliphatic carbocycles. The van der Waals surface area contributed by atoms with Crippen molar-refractivity contribution < 1.29 is 28.6 Å². The second-order valence-corrected chi connectivity index (χ2v) is 7.48. The van der Waals surface area contributed by atoms with Gasteiger partial charge < -0.3 is 29.7 Å². The fourth-order valence-corrected chi connectivity index (χ4v) is 3.90. The van der Waals surface area contributed by atoms with Gasteiger partial charge >= 0.3 is 11.9 Å². The molecular formula is C21H27N3O6. The topological polar surface area (TPSA) is 111 Å². The van der Waals surface area contributed by atoms with Crippen molar-refractivity contribution in [3.8, 4) is 0 Å². The molecule has 30 heavy (non-hydrogen) atoms. The number of rotatable bonds is 5. The molecule has 1 aromatic rings. The second-order valence-electron chi connectivity index (χ2n) is 7.48. The molecule has 3 rings (SSSR count). The van der Waals surface area contributed by atoms with Crippen molar-refractivity contribution in [2.45, 2.75) is 19.8 Å². The van der Waals surface area contributed by atoms with Crippen LogP contribution in [0, 0.1) is 5.92 Å². The second kappa shape index (κ2) is 9.17. The van der Waals surface area contributed by atoms with Crippen LogP contribution in [0.3, 0.4) is 0 Å². The van der Waals surface area contributed by atoms with Gasteiger partial charge in [0.25, 0.3) is 0 Å². The van der Waals surface area contributed by atoms with E-state index >= 15 is 0 Å². The van der Waals surface area contributed by atoms with Crippen molar-refractivity contribution in [3.05, 3.63) is 35.0 Å². The molecule has 2 N–H and O–H groups in total. The summed E-state index contributed by atoms with van der Waals surface area (Å²) in [6.07, 6.45) is 2.17. The lowest BCUT2D eigenvalue weighted by Gasteiger charge is -2.38. The zero-order chi connectivity index (χ0) is 21.8. The maximum absolute atomic E-state index is 12.6. The minimum absolute atomic E-state index is 0.00351. The van der Waals surface area contributed by atoms with E-state index in [9.17, 15) is 14.4 Å². The molecule has 0 aromatic heterocycles. The van der Waals surface area contributed by atoms with E-state index in [0.717, 1.165) is 31.6 Å². The van der Waals surface area contributed by atoms with Crippen LogP contribution in [-0.4, -0.2) is 58.5 Å². The number of carbonyl (C=O) groups excluding carboxylic acids is 3. The van der Waals surface area contributed by atoms with Crippen LogP contribution < -0.4 is 15.5 Å². The third-order valence-electron chi connectivity index (χ3n) is 5.38. The monoisotopic (exact) mass is 417 g/mol. The van der Waals surface area contributed by atoms with E-state index in [0.29, 0.717) is 11.6 Å². The van der Waals surface area contributed by atoms with Crippen molar-refractivity contribution in [2.24, 2.45) is 11.7 Å². The summed E-state index contributed by atoms with van der Waals surface area (Å²) >= 11 is 0. The first-order valence-corrected chi connectivity index (χ1v) is 9.81. The lowest BCUT2D eigenvalue weighted by Crippen LogP contribution is -2.41. The average Bonchev–Trinajstić information content (AvgIpc) is 2.77. The Morgan fingerprint density at radius 2 is 1.87 bits per heavy atom. The molecule has 2 heterocycles. The SMILES string of the molecule is COC(=O)C1=C(C(=O)OC)N(c2cc(C(N)=O)ccc2N2CCCC(C)C2)COC1. The van der Waals surface area contributed by atoms with Crippen LogP contribution in [-0.2, 0) is 23.8 Å². The summed E-state index contributed by atoms with van der Waals surface area (Å²) in [5.41, 5.74) is 7.24. The first kappa shape index (κ1) is 21.6. The molecule has 1 amide bonds. The largest absolute Gasteiger partial charge is 0.466 e. The lowest BCUT2D eigenvalue weighted by atomic mass is 9.98. The Kier molecular flexibility index (Phi) is 6.61. The highest BCUT2D eigenvalue weighted by atomic mass is 16.5. The summed E-state index contributed by atoms with van der Waals surface area (Å²) in [5, 5.41) is 0. The number of hydrogen-bond donors (Lipinski definition) is 1. The number of benzene rings is 1. The molecular weight excluding hydrogens is 390 g/mol. The zero-order valence-corrected chi connectivity index (χ0v) is 17.5. The van der Waals surface area contributed by atoms with E-state index < -0.39 is 17.8 Å². The predicted octanol–water partition coefficient (Wildman–Crippen LogP) is 1.42. The number of nitrogens with two attached hydrogens (primary N) is 1. The third-order valence-corrected chi connectivity index (χ3v) is 5.38. The molecule has 162 valence electrons. The maximum atomic E-state index is 12.6. The molecule has 2 aliphatic heterocycles. The summed E-state index contributed by atoms with van der Waals surface area (Å²) < 4.78 is 15.4. The highest BCUT2D eigenvalue weighted by molar-refractivity contribution is 6.04. The van der Waals surface area contributed by atoms with Gasteiger partial charge in [-0.2, -0.15) is 0 Å². The summed E-state index contributed by atoms with van der Waals surface area (Å²) in [6.45, 7) is 3.77. The highest BCUT2D eigenvalue weighted by Gasteiger charge is 2.34. The van der Waals surface area contributed by atoms with E-state index in [-0.39, 0.29) is 30.2 Å². The number of methoxy groups -OCH3 is 2. The van der Waals surface area contributed by atoms with Gasteiger partial charge in [0.15, 0.2) is 0 Å². The fourth-order valence-electron chi connectivity index (χ4n) is 3.90. The summed E-state index contributed by atoms with van der Waals surface area (Å²) in [7, 11) is 2.47. The van der Waals surface area contributed by atoms with Gasteiger partial charge in [0.1, 0.15) is 12.4 Å². The van der Waals surface area contributed by atoms with Gasteiger partial charge in [-0.3, -0.25) is 4.79 Å². The van der Waals surface area contributed by atoms with Gasteiger partial charge in [-0.15, -0.1) is 0 Å². The fraction of sp³-hybridized carbons (Fsp3) is 0.476. The molecule has 1 saturated heterocycles. The van der Waals surface area contributed by atoms with Crippen molar-refractivity contribution in [3.63, 3.8) is 0 Å². The maximum Gasteiger partial charge on any atom is 0.355 e. The Hall–Kier alpha value is -3.07. The zero-order valence-electron chi connectivity index (χ0n) is 17.5. The van der Waals surface area contributed by atoms with Gasteiger partial charge in [-0.05, 0) is 37.0 Å². The minimum atomic E-state index is -0.693. The molecule has 1 atom stereocenters. The van der Waals surface area contributed by atoms with Crippen LogP contribution in [0.25, 0.3) is 0 Å². The molecule has 0 saturated carbocycles. The van der Waals surface area contributed by atoms with Crippen molar-refractivity contribution in [1.82, 2.24) is 0 Å². The highest BCUT2D eigenvalue weighted by Crippen LogP contribution is 2.37. The molecule has 9 nitrogen and oxygen atoms in total. The minimum Gasteiger partial charge on any atom is -0.466 e. The van der Waals surface area contributed by atoms with Crippen molar-refractivity contribution in [2.75, 3.05) is 50.4 Å². The molecule has 2 aliphatic rings. The number of ether oxygens (including phenoxy) is 3. The average molecular weight is 417 g/mol. The number of piperidine rings is 1. The smallest absolute Gasteiger partial charge is 0.355 e. The Morgan fingerprint density at radius 1 is 1.13 bits per heavy atom. The van der Waals surface area contributed by atoms with Gasteiger partial charge in [-0.25, -0.2) is 9.59 Å².